The van der Waals surface area contributed by atoms with Crippen LogP contribution in [0.3, 0.4) is 0 Å². The summed E-state index contributed by atoms with van der Waals surface area (Å²) in [5, 5.41) is 15.6. The smallest absolute Gasteiger partial charge is 0.328 e. The number of hydrogen-bond donors (Lipinski definition) is 2. The van der Waals surface area contributed by atoms with Gasteiger partial charge < -0.3 is 19.8 Å². The number of ether oxygens (including phenoxy) is 1. The summed E-state index contributed by atoms with van der Waals surface area (Å²) in [4.78, 5) is 34.0. The summed E-state index contributed by atoms with van der Waals surface area (Å²) >= 11 is 0. The second-order valence-corrected chi connectivity index (χ2v) is 6.44. The Hall–Kier alpha value is -2.93. The molecule has 2 atom stereocenters. The number of nitrogens with zero attached hydrogens (tertiary/aromatic N) is 1. The highest BCUT2D eigenvalue weighted by molar-refractivity contribution is 5.89. The molecule has 0 saturated carbocycles. The maximum Gasteiger partial charge on any atom is 0.328 e. The maximum absolute atomic E-state index is 12.8. The molecule has 0 saturated heterocycles. The highest BCUT2D eigenvalue weighted by Gasteiger charge is 2.49. The van der Waals surface area contributed by atoms with Crippen LogP contribution in [0.1, 0.15) is 25.3 Å². The van der Waals surface area contributed by atoms with Crippen molar-refractivity contribution in [2.75, 3.05) is 20.7 Å². The molecule has 0 unspecified atom stereocenters. The van der Waals surface area contributed by atoms with Crippen LogP contribution in [0.15, 0.2) is 54.6 Å². The van der Waals surface area contributed by atoms with Crippen molar-refractivity contribution in [1.82, 2.24) is 4.90 Å². The van der Waals surface area contributed by atoms with Crippen LogP contribution in [0.25, 0.3) is 0 Å². The number of benzene rings is 1. The first-order valence-corrected chi connectivity index (χ1v) is 8.95. The van der Waals surface area contributed by atoms with Crippen molar-refractivity contribution >= 4 is 17.9 Å². The van der Waals surface area contributed by atoms with Gasteiger partial charge in [-0.3, -0.25) is 4.79 Å². The Bertz CT molecular complexity index is 710. The molecule has 2 rings (SSSR count). The van der Waals surface area contributed by atoms with Crippen LogP contribution in [0.2, 0.25) is 0 Å². The van der Waals surface area contributed by atoms with Gasteiger partial charge in [0.05, 0.1) is 6.61 Å². The van der Waals surface area contributed by atoms with E-state index in [1.807, 2.05) is 51.4 Å². The van der Waals surface area contributed by atoms with E-state index in [9.17, 15) is 14.4 Å². The second kappa shape index (κ2) is 11.0. The van der Waals surface area contributed by atoms with E-state index in [4.69, 9.17) is 14.9 Å². The number of rotatable bonds is 6. The minimum Gasteiger partial charge on any atom is -0.478 e. The van der Waals surface area contributed by atoms with Crippen molar-refractivity contribution in [3.8, 4) is 0 Å². The summed E-state index contributed by atoms with van der Waals surface area (Å²) in [6, 6.07) is 10.0. The SMILES string of the molecule is CCOC(=O)[C@@]1(c2ccccc2)CCC=C[C@@H]1N(C)C.O=C(O)/C=C/C(=O)O. The Morgan fingerprint density at radius 1 is 1.14 bits per heavy atom. The third kappa shape index (κ3) is 6.06. The van der Waals surface area contributed by atoms with Crippen molar-refractivity contribution in [2.45, 2.75) is 31.2 Å². The number of hydrogen-bond acceptors (Lipinski definition) is 5. The molecule has 2 N–H and O–H groups in total. The molecule has 0 bridgehead atoms. The molecule has 0 spiro atoms. The predicted molar refractivity (Wildman–Crippen MR) is 105 cm³/mol. The predicted octanol–water partition coefficient (Wildman–Crippen LogP) is 2.48. The number of aliphatic carboxylic acids is 2. The Kier molecular flexibility index (Phi) is 9.11. The van der Waals surface area contributed by atoms with Crippen LogP contribution in [-0.2, 0) is 24.5 Å². The minimum atomic E-state index is -1.26. The number of carboxylic acids is 2. The average Bonchev–Trinajstić information content (AvgIpc) is 2.67. The molecule has 0 heterocycles. The monoisotopic (exact) mass is 389 g/mol. The maximum atomic E-state index is 12.8. The number of carboxylic acid groups (broad SMARTS) is 2. The van der Waals surface area contributed by atoms with Gasteiger partial charge in [0.15, 0.2) is 0 Å². The molecule has 1 aliphatic rings. The summed E-state index contributed by atoms with van der Waals surface area (Å²) < 4.78 is 5.42. The summed E-state index contributed by atoms with van der Waals surface area (Å²) in [5.41, 5.74) is 0.441. The van der Waals surface area contributed by atoms with Crippen molar-refractivity contribution < 1.29 is 29.3 Å². The largest absolute Gasteiger partial charge is 0.478 e. The molecule has 7 nitrogen and oxygen atoms in total. The van der Waals surface area contributed by atoms with E-state index in [1.54, 1.807) is 0 Å². The third-order valence-electron chi connectivity index (χ3n) is 4.38. The first-order valence-electron chi connectivity index (χ1n) is 8.95. The highest BCUT2D eigenvalue weighted by atomic mass is 16.5. The molecule has 152 valence electrons. The van der Waals surface area contributed by atoms with Crippen LogP contribution in [-0.4, -0.2) is 59.8 Å². The summed E-state index contributed by atoms with van der Waals surface area (Å²) in [5.74, 6) is -2.63. The third-order valence-corrected chi connectivity index (χ3v) is 4.38. The molecular weight excluding hydrogens is 362 g/mol. The fraction of sp³-hybridized carbons (Fsp3) is 0.381. The van der Waals surface area contributed by atoms with Crippen molar-refractivity contribution in [2.24, 2.45) is 0 Å². The topological polar surface area (TPSA) is 104 Å². The lowest BCUT2D eigenvalue weighted by Gasteiger charge is -2.42. The molecule has 1 aromatic carbocycles. The molecule has 0 fully saturated rings. The van der Waals surface area contributed by atoms with E-state index in [2.05, 4.69) is 17.1 Å². The molecule has 7 heteroatoms. The van der Waals surface area contributed by atoms with Crippen molar-refractivity contribution in [3.05, 3.63) is 60.2 Å². The lowest BCUT2D eigenvalue weighted by molar-refractivity contribution is -0.153. The Morgan fingerprint density at radius 2 is 1.71 bits per heavy atom. The lowest BCUT2D eigenvalue weighted by Crippen LogP contribution is -2.54. The fourth-order valence-corrected chi connectivity index (χ4v) is 3.25. The standard InChI is InChI=1S/C17H23NO2.C4H4O4/c1-4-20-16(19)17(14-10-6-5-7-11-14)13-9-8-12-15(17)18(2)3;5-3(6)1-2-4(7)8/h5-8,10-12,15H,4,9,13H2,1-3H3;1-2H,(H,5,6)(H,7,8)/b;2-1+/t15-,17+;/m0./s1. The van der Waals surface area contributed by atoms with Gasteiger partial charge in [-0.25, -0.2) is 9.59 Å². The number of carbonyl (C=O) groups excluding carboxylic acids is 1. The van der Waals surface area contributed by atoms with Crippen LogP contribution in [0.5, 0.6) is 0 Å². The molecule has 0 radical (unpaired) electrons. The van der Waals surface area contributed by atoms with Gasteiger partial charge in [-0.2, -0.15) is 0 Å². The van der Waals surface area contributed by atoms with E-state index >= 15 is 0 Å². The average molecular weight is 389 g/mol. The quantitative estimate of drug-likeness (QED) is 0.437. The first-order chi connectivity index (χ1) is 13.3. The zero-order valence-electron chi connectivity index (χ0n) is 16.4. The highest BCUT2D eigenvalue weighted by Crippen LogP contribution is 2.40. The number of esters is 1. The molecular formula is C21H27NO6. The van der Waals surface area contributed by atoms with Crippen molar-refractivity contribution in [3.63, 3.8) is 0 Å². The molecule has 0 aromatic heterocycles. The summed E-state index contributed by atoms with van der Waals surface area (Å²) in [7, 11) is 4.02. The van der Waals surface area contributed by atoms with Crippen LogP contribution in [0.4, 0.5) is 0 Å². The Labute approximate surface area is 164 Å². The van der Waals surface area contributed by atoms with Crippen molar-refractivity contribution in [1.29, 1.82) is 0 Å². The van der Waals surface area contributed by atoms with E-state index in [1.165, 1.54) is 0 Å². The van der Waals surface area contributed by atoms with Crippen LogP contribution in [0, 0.1) is 0 Å². The summed E-state index contributed by atoms with van der Waals surface area (Å²) in [6.07, 6.45) is 7.09. The lowest BCUT2D eigenvalue weighted by atomic mass is 9.68. The zero-order chi connectivity index (χ0) is 21.2. The van der Waals surface area contributed by atoms with Gasteiger partial charge in [0.1, 0.15) is 5.41 Å². The molecule has 1 aromatic rings. The van der Waals surface area contributed by atoms with E-state index in [-0.39, 0.29) is 12.0 Å². The molecule has 0 amide bonds. The van der Waals surface area contributed by atoms with Crippen LogP contribution >= 0.6 is 0 Å². The first kappa shape index (κ1) is 23.1. The van der Waals surface area contributed by atoms with E-state index in [0.29, 0.717) is 18.8 Å². The fourth-order valence-electron chi connectivity index (χ4n) is 3.25. The normalized spacial score (nSPS) is 21.1. The van der Waals surface area contributed by atoms with E-state index < -0.39 is 17.4 Å². The summed E-state index contributed by atoms with van der Waals surface area (Å²) in [6.45, 7) is 2.28. The van der Waals surface area contributed by atoms with Gasteiger partial charge in [-0.1, -0.05) is 42.5 Å². The van der Waals surface area contributed by atoms with Gasteiger partial charge in [0.2, 0.25) is 0 Å². The van der Waals surface area contributed by atoms with Crippen LogP contribution < -0.4 is 0 Å². The van der Waals surface area contributed by atoms with E-state index in [0.717, 1.165) is 18.4 Å². The number of carbonyl (C=O) groups is 3. The Morgan fingerprint density at radius 3 is 2.18 bits per heavy atom. The van der Waals surface area contributed by atoms with Gasteiger partial charge in [0, 0.05) is 18.2 Å². The molecule has 1 aliphatic carbocycles. The van der Waals surface area contributed by atoms with Gasteiger partial charge in [0.25, 0.3) is 0 Å². The minimum absolute atomic E-state index is 0.0256. The molecule has 0 aliphatic heterocycles. The van der Waals surface area contributed by atoms with Gasteiger partial charge >= 0.3 is 17.9 Å². The molecule has 28 heavy (non-hydrogen) atoms. The zero-order valence-corrected chi connectivity index (χ0v) is 16.4. The Balaban J connectivity index is 0.000000416. The number of allylic oxidation sites excluding steroid dienone is 1. The number of likely N-dealkylation sites (N-methyl/N-ethyl adjacent to an activating group) is 1. The van der Waals surface area contributed by atoms with Gasteiger partial charge in [-0.15, -0.1) is 0 Å². The van der Waals surface area contributed by atoms with Gasteiger partial charge in [-0.05, 0) is 39.4 Å². The second-order valence-electron chi connectivity index (χ2n) is 6.44.